The van der Waals surface area contributed by atoms with Crippen molar-refractivity contribution in [2.75, 3.05) is 13.3 Å². The van der Waals surface area contributed by atoms with Gasteiger partial charge in [-0.15, -0.1) is 0 Å². The Morgan fingerprint density at radius 2 is 1.24 bits per heavy atom. The van der Waals surface area contributed by atoms with Crippen LogP contribution in [0.1, 0.15) is 6.92 Å². The van der Waals surface area contributed by atoms with Gasteiger partial charge in [-0.1, -0.05) is 0 Å². The maximum atomic E-state index is 3.74. The fourth-order valence-corrected chi connectivity index (χ4v) is 5.74. The molecule has 0 aliphatic heterocycles. The SMILES string of the molecule is C/C=C\C=C/NP(C)(C)(c1ccccc1)c1ccccc1. The topological polar surface area (TPSA) is 12.0 Å². The first-order valence-electron chi connectivity index (χ1n) is 7.25. The summed E-state index contributed by atoms with van der Waals surface area (Å²) in [6.07, 6.45) is 8.20. The van der Waals surface area contributed by atoms with Crippen LogP contribution in [0.25, 0.3) is 0 Å². The monoisotopic (exact) mass is 297 g/mol. The van der Waals surface area contributed by atoms with E-state index >= 15 is 0 Å². The normalized spacial score (nSPS) is 14.1. The van der Waals surface area contributed by atoms with Crippen LogP contribution in [0.15, 0.2) is 85.1 Å². The number of benzene rings is 2. The summed E-state index contributed by atoms with van der Waals surface area (Å²) in [6, 6.07) is 21.5. The van der Waals surface area contributed by atoms with E-state index in [4.69, 9.17) is 0 Å². The van der Waals surface area contributed by atoms with E-state index in [1.54, 1.807) is 0 Å². The van der Waals surface area contributed by atoms with Gasteiger partial charge in [-0.05, 0) is 0 Å². The molecule has 1 N–H and O–H groups in total. The van der Waals surface area contributed by atoms with Crippen LogP contribution in [0.3, 0.4) is 0 Å². The Labute approximate surface area is 128 Å². The maximum absolute atomic E-state index is 3.74. The molecule has 0 saturated carbocycles. The summed E-state index contributed by atoms with van der Waals surface area (Å²) in [5.41, 5.74) is 0. The van der Waals surface area contributed by atoms with Crippen LogP contribution in [0.4, 0.5) is 0 Å². The summed E-state index contributed by atoms with van der Waals surface area (Å²) in [7, 11) is 0. The van der Waals surface area contributed by atoms with E-state index in [1.165, 1.54) is 10.6 Å². The quantitative estimate of drug-likeness (QED) is 0.648. The third-order valence-electron chi connectivity index (χ3n) is 3.92. The van der Waals surface area contributed by atoms with Crippen molar-refractivity contribution in [3.8, 4) is 0 Å². The van der Waals surface area contributed by atoms with Crippen molar-refractivity contribution in [2.24, 2.45) is 0 Å². The third-order valence-corrected chi connectivity index (χ3v) is 8.54. The second-order valence-electron chi connectivity index (χ2n) is 5.81. The van der Waals surface area contributed by atoms with Gasteiger partial charge in [0.15, 0.2) is 0 Å². The molecular formula is C19H24NP. The number of hydrogen-bond acceptors (Lipinski definition) is 1. The average Bonchev–Trinajstić information content (AvgIpc) is 2.54. The van der Waals surface area contributed by atoms with Crippen molar-refractivity contribution in [3.05, 3.63) is 85.1 Å². The summed E-state index contributed by atoms with van der Waals surface area (Å²) in [6.45, 7) is 4.33. The van der Waals surface area contributed by atoms with E-state index in [9.17, 15) is 0 Å². The second-order valence-corrected chi connectivity index (χ2v) is 11.3. The number of allylic oxidation sites excluding steroid dienone is 3. The molecule has 2 rings (SSSR count). The number of rotatable bonds is 5. The predicted molar refractivity (Wildman–Crippen MR) is 98.0 cm³/mol. The van der Waals surface area contributed by atoms with Gasteiger partial charge in [0.2, 0.25) is 0 Å². The molecular weight excluding hydrogens is 273 g/mol. The molecule has 2 heteroatoms. The van der Waals surface area contributed by atoms with Crippen molar-refractivity contribution >= 4 is 17.4 Å². The van der Waals surface area contributed by atoms with Gasteiger partial charge in [0, 0.05) is 0 Å². The zero-order chi connectivity index (χ0) is 15.2. The second kappa shape index (κ2) is 6.28. The Morgan fingerprint density at radius 3 is 1.67 bits per heavy atom. The summed E-state index contributed by atoms with van der Waals surface area (Å²) < 4.78 is 0. The molecule has 0 aromatic heterocycles. The first kappa shape index (κ1) is 15.5. The first-order chi connectivity index (χ1) is 10.1. The van der Waals surface area contributed by atoms with Crippen LogP contribution >= 0.6 is 6.75 Å². The number of nitrogens with one attached hydrogen (secondary N) is 1. The molecule has 0 fully saturated rings. The Balaban J connectivity index is 2.53. The van der Waals surface area contributed by atoms with Crippen LogP contribution in [0.2, 0.25) is 0 Å². The molecule has 2 aromatic rings. The minimum absolute atomic E-state index is 1.36. The first-order valence-corrected chi connectivity index (χ1v) is 10.4. The van der Waals surface area contributed by atoms with Gasteiger partial charge in [-0.3, -0.25) is 0 Å². The fraction of sp³-hybridized carbons (Fsp3) is 0.158. The molecule has 0 radical (unpaired) electrons. The van der Waals surface area contributed by atoms with E-state index in [0.29, 0.717) is 0 Å². The van der Waals surface area contributed by atoms with Gasteiger partial charge in [0.1, 0.15) is 0 Å². The zero-order valence-corrected chi connectivity index (χ0v) is 13.9. The Hall–Kier alpha value is -1.85. The Morgan fingerprint density at radius 1 is 0.762 bits per heavy atom. The molecule has 0 aliphatic rings. The van der Waals surface area contributed by atoms with Crippen molar-refractivity contribution in [2.45, 2.75) is 6.92 Å². The fourth-order valence-electron chi connectivity index (χ4n) is 2.48. The van der Waals surface area contributed by atoms with Crippen LogP contribution in [-0.2, 0) is 0 Å². The molecule has 21 heavy (non-hydrogen) atoms. The van der Waals surface area contributed by atoms with Crippen LogP contribution < -0.4 is 15.7 Å². The summed E-state index contributed by atoms with van der Waals surface area (Å²) >= 11 is 0. The molecule has 2 aromatic carbocycles. The molecule has 110 valence electrons. The summed E-state index contributed by atoms with van der Waals surface area (Å²) in [5.74, 6) is 0. The molecule has 0 bridgehead atoms. The van der Waals surface area contributed by atoms with Crippen molar-refractivity contribution in [1.82, 2.24) is 5.09 Å². The van der Waals surface area contributed by atoms with E-state index in [2.05, 4.69) is 91.4 Å². The third kappa shape index (κ3) is 3.25. The minimum atomic E-state index is -2.41. The van der Waals surface area contributed by atoms with E-state index in [-0.39, 0.29) is 0 Å². The van der Waals surface area contributed by atoms with Crippen molar-refractivity contribution in [3.63, 3.8) is 0 Å². The average molecular weight is 297 g/mol. The summed E-state index contributed by atoms with van der Waals surface area (Å²) in [4.78, 5) is 0. The molecule has 0 amide bonds. The van der Waals surface area contributed by atoms with Gasteiger partial charge < -0.3 is 0 Å². The van der Waals surface area contributed by atoms with Gasteiger partial charge in [-0.2, -0.15) is 0 Å². The van der Waals surface area contributed by atoms with Crippen LogP contribution in [0, 0.1) is 0 Å². The van der Waals surface area contributed by atoms with E-state index in [0.717, 1.165) is 0 Å². The molecule has 0 atom stereocenters. The molecule has 0 saturated heterocycles. The Bertz CT molecular complexity index is 584. The van der Waals surface area contributed by atoms with Gasteiger partial charge >= 0.3 is 128 Å². The summed E-state index contributed by atoms with van der Waals surface area (Å²) in [5, 5.41) is 6.46. The molecule has 0 heterocycles. The Kier molecular flexibility index (Phi) is 4.65. The molecule has 0 aliphatic carbocycles. The molecule has 0 spiro atoms. The van der Waals surface area contributed by atoms with Crippen LogP contribution in [-0.4, -0.2) is 13.3 Å². The predicted octanol–water partition coefficient (Wildman–Crippen LogP) is 4.04. The van der Waals surface area contributed by atoms with Crippen molar-refractivity contribution in [1.29, 1.82) is 0 Å². The number of hydrogen-bond donors (Lipinski definition) is 1. The van der Waals surface area contributed by atoms with Gasteiger partial charge in [0.25, 0.3) is 0 Å². The molecule has 1 nitrogen and oxygen atoms in total. The van der Waals surface area contributed by atoms with Crippen LogP contribution in [0.5, 0.6) is 0 Å². The molecule has 0 unspecified atom stereocenters. The van der Waals surface area contributed by atoms with Gasteiger partial charge in [-0.25, -0.2) is 0 Å². The van der Waals surface area contributed by atoms with E-state index < -0.39 is 6.75 Å². The standard InChI is InChI=1S/C19H24NP/c1-4-5-12-17-20-21(2,3,18-13-8-6-9-14-18)19-15-10-7-11-16-19/h4-17,20H,1-3H3/b5-4-,17-12-. The van der Waals surface area contributed by atoms with Gasteiger partial charge in [0.05, 0.1) is 0 Å². The zero-order valence-electron chi connectivity index (χ0n) is 13.0. The van der Waals surface area contributed by atoms with Crippen molar-refractivity contribution < 1.29 is 0 Å². The van der Waals surface area contributed by atoms with E-state index in [1.807, 2.05) is 19.1 Å².